The normalized spacial score (nSPS) is 17.6. The second-order valence-corrected chi connectivity index (χ2v) is 5.20. The standard InChI is InChI=1S/C15H18N2O2/c1-15(12-16)7-9-17(10-8-15)14(18)19-11-13-5-3-2-4-6-13/h2-6H,7-11H2,1H3. The van der Waals surface area contributed by atoms with E-state index >= 15 is 0 Å². The molecule has 0 N–H and O–H groups in total. The fourth-order valence-electron chi connectivity index (χ4n) is 2.11. The first-order chi connectivity index (χ1) is 9.13. The minimum atomic E-state index is -0.295. The highest BCUT2D eigenvalue weighted by molar-refractivity contribution is 5.67. The lowest BCUT2D eigenvalue weighted by Crippen LogP contribution is -2.41. The summed E-state index contributed by atoms with van der Waals surface area (Å²) >= 11 is 0. The zero-order chi connectivity index (χ0) is 13.7. The van der Waals surface area contributed by atoms with Gasteiger partial charge in [0.1, 0.15) is 6.61 Å². The first kappa shape index (κ1) is 13.4. The van der Waals surface area contributed by atoms with Crippen molar-refractivity contribution < 1.29 is 9.53 Å². The number of carbonyl (C=O) groups excluding carboxylic acids is 1. The van der Waals surface area contributed by atoms with Crippen molar-refractivity contribution in [3.05, 3.63) is 35.9 Å². The number of likely N-dealkylation sites (tertiary alicyclic amines) is 1. The Labute approximate surface area is 113 Å². The van der Waals surface area contributed by atoms with E-state index in [9.17, 15) is 4.79 Å². The van der Waals surface area contributed by atoms with Gasteiger partial charge in [0.15, 0.2) is 0 Å². The Balaban J connectivity index is 1.81. The quantitative estimate of drug-likeness (QED) is 0.819. The van der Waals surface area contributed by atoms with Gasteiger partial charge in [0.2, 0.25) is 0 Å². The van der Waals surface area contributed by atoms with E-state index in [1.54, 1.807) is 4.90 Å². The van der Waals surface area contributed by atoms with Crippen LogP contribution in [0.25, 0.3) is 0 Å². The number of piperidine rings is 1. The third-order valence-corrected chi connectivity index (χ3v) is 3.60. The fraction of sp³-hybridized carbons (Fsp3) is 0.467. The molecule has 0 atom stereocenters. The van der Waals surface area contributed by atoms with E-state index in [1.165, 1.54) is 0 Å². The van der Waals surface area contributed by atoms with Crippen LogP contribution in [0.3, 0.4) is 0 Å². The Hall–Kier alpha value is -2.02. The molecule has 0 spiro atoms. The lowest BCUT2D eigenvalue weighted by Gasteiger charge is -2.34. The Morgan fingerprint density at radius 3 is 2.58 bits per heavy atom. The maximum Gasteiger partial charge on any atom is 0.410 e. The average molecular weight is 258 g/mol. The van der Waals surface area contributed by atoms with Gasteiger partial charge < -0.3 is 9.64 Å². The SMILES string of the molecule is CC1(C#N)CCN(C(=O)OCc2ccccc2)CC1. The summed E-state index contributed by atoms with van der Waals surface area (Å²) in [6, 6.07) is 11.9. The molecule has 0 aliphatic carbocycles. The van der Waals surface area contributed by atoms with E-state index in [4.69, 9.17) is 10.00 Å². The second kappa shape index (κ2) is 5.75. The van der Waals surface area contributed by atoms with Crippen molar-refractivity contribution in [2.45, 2.75) is 26.4 Å². The number of nitriles is 1. The van der Waals surface area contributed by atoms with Crippen molar-refractivity contribution in [2.75, 3.05) is 13.1 Å². The molecule has 4 nitrogen and oxygen atoms in total. The van der Waals surface area contributed by atoms with Crippen LogP contribution in [0.5, 0.6) is 0 Å². The predicted octanol–water partition coefficient (Wildman–Crippen LogP) is 2.95. The molecule has 4 heteroatoms. The van der Waals surface area contributed by atoms with Crippen molar-refractivity contribution in [1.82, 2.24) is 4.90 Å². The van der Waals surface area contributed by atoms with Crippen LogP contribution in [-0.2, 0) is 11.3 Å². The zero-order valence-corrected chi connectivity index (χ0v) is 11.1. The highest BCUT2D eigenvalue weighted by Crippen LogP contribution is 2.29. The maximum atomic E-state index is 11.9. The molecule has 1 aliphatic rings. The highest BCUT2D eigenvalue weighted by atomic mass is 16.6. The zero-order valence-electron chi connectivity index (χ0n) is 11.1. The van der Waals surface area contributed by atoms with E-state index in [1.807, 2.05) is 37.3 Å². The largest absolute Gasteiger partial charge is 0.445 e. The number of nitrogens with zero attached hydrogens (tertiary/aromatic N) is 2. The first-order valence-corrected chi connectivity index (χ1v) is 6.50. The summed E-state index contributed by atoms with van der Waals surface area (Å²) in [5, 5.41) is 9.04. The van der Waals surface area contributed by atoms with E-state index < -0.39 is 0 Å². The van der Waals surface area contributed by atoms with Crippen LogP contribution < -0.4 is 0 Å². The summed E-state index contributed by atoms with van der Waals surface area (Å²) in [6.07, 6.45) is 1.14. The van der Waals surface area contributed by atoms with Gasteiger partial charge in [-0.25, -0.2) is 4.79 Å². The molecule has 1 fully saturated rings. The van der Waals surface area contributed by atoms with Crippen molar-refractivity contribution >= 4 is 6.09 Å². The number of ether oxygens (including phenoxy) is 1. The third kappa shape index (κ3) is 3.47. The Morgan fingerprint density at radius 1 is 1.37 bits per heavy atom. The molecule has 0 saturated carbocycles. The van der Waals surface area contributed by atoms with E-state index in [-0.39, 0.29) is 11.5 Å². The summed E-state index contributed by atoms with van der Waals surface area (Å²) in [7, 11) is 0. The fourth-order valence-corrected chi connectivity index (χ4v) is 2.11. The monoisotopic (exact) mass is 258 g/mol. The summed E-state index contributed by atoms with van der Waals surface area (Å²) in [5.74, 6) is 0. The van der Waals surface area contributed by atoms with Gasteiger partial charge in [-0.2, -0.15) is 5.26 Å². The molecule has 0 aromatic heterocycles. The molecule has 1 amide bonds. The summed E-state index contributed by atoms with van der Waals surface area (Å²) in [4.78, 5) is 13.6. The minimum absolute atomic E-state index is 0.288. The van der Waals surface area contributed by atoms with Gasteiger partial charge in [0.25, 0.3) is 0 Å². The molecule has 0 radical (unpaired) electrons. The van der Waals surface area contributed by atoms with Gasteiger partial charge in [-0.3, -0.25) is 0 Å². The molecule has 1 aromatic rings. The van der Waals surface area contributed by atoms with Gasteiger partial charge in [0.05, 0.1) is 11.5 Å². The van der Waals surface area contributed by atoms with Crippen LogP contribution in [0.2, 0.25) is 0 Å². The third-order valence-electron chi connectivity index (χ3n) is 3.60. The highest BCUT2D eigenvalue weighted by Gasteiger charge is 2.32. The molecule has 1 heterocycles. The Bertz CT molecular complexity index is 471. The lowest BCUT2D eigenvalue weighted by atomic mass is 9.82. The smallest absolute Gasteiger partial charge is 0.410 e. The van der Waals surface area contributed by atoms with Gasteiger partial charge in [-0.05, 0) is 25.3 Å². The maximum absolute atomic E-state index is 11.9. The van der Waals surface area contributed by atoms with Crippen molar-refractivity contribution in [3.8, 4) is 6.07 Å². The van der Waals surface area contributed by atoms with E-state index in [0.29, 0.717) is 32.5 Å². The molecule has 1 saturated heterocycles. The van der Waals surface area contributed by atoms with Gasteiger partial charge in [-0.1, -0.05) is 30.3 Å². The van der Waals surface area contributed by atoms with Crippen LogP contribution in [0.4, 0.5) is 4.79 Å². The molecule has 1 aliphatic heterocycles. The van der Waals surface area contributed by atoms with Gasteiger partial charge in [-0.15, -0.1) is 0 Å². The van der Waals surface area contributed by atoms with Crippen molar-refractivity contribution in [2.24, 2.45) is 5.41 Å². The molecule has 0 bridgehead atoms. The number of rotatable bonds is 2. The van der Waals surface area contributed by atoms with Crippen LogP contribution in [-0.4, -0.2) is 24.1 Å². The number of hydrogen-bond acceptors (Lipinski definition) is 3. The molecule has 0 unspecified atom stereocenters. The number of amides is 1. The molecule has 2 rings (SSSR count). The van der Waals surface area contributed by atoms with E-state index in [2.05, 4.69) is 6.07 Å². The van der Waals surface area contributed by atoms with Crippen LogP contribution in [0.1, 0.15) is 25.3 Å². The van der Waals surface area contributed by atoms with E-state index in [0.717, 1.165) is 5.56 Å². The van der Waals surface area contributed by atoms with Gasteiger partial charge in [0, 0.05) is 13.1 Å². The van der Waals surface area contributed by atoms with Crippen LogP contribution in [0, 0.1) is 16.7 Å². The molecule has 1 aromatic carbocycles. The number of hydrogen-bond donors (Lipinski definition) is 0. The lowest BCUT2D eigenvalue weighted by molar-refractivity contribution is 0.0765. The van der Waals surface area contributed by atoms with Crippen LogP contribution >= 0.6 is 0 Å². The summed E-state index contributed by atoms with van der Waals surface area (Å²) in [6.45, 7) is 3.43. The Morgan fingerprint density at radius 2 is 2.00 bits per heavy atom. The second-order valence-electron chi connectivity index (χ2n) is 5.20. The topological polar surface area (TPSA) is 53.3 Å². The summed E-state index contributed by atoms with van der Waals surface area (Å²) in [5.41, 5.74) is 0.686. The Kier molecular flexibility index (Phi) is 4.06. The summed E-state index contributed by atoms with van der Waals surface area (Å²) < 4.78 is 5.27. The predicted molar refractivity (Wildman–Crippen MR) is 71.2 cm³/mol. The van der Waals surface area contributed by atoms with Crippen molar-refractivity contribution in [1.29, 1.82) is 5.26 Å². The van der Waals surface area contributed by atoms with Crippen molar-refractivity contribution in [3.63, 3.8) is 0 Å². The minimum Gasteiger partial charge on any atom is -0.445 e. The molecule has 19 heavy (non-hydrogen) atoms. The van der Waals surface area contributed by atoms with Gasteiger partial charge >= 0.3 is 6.09 Å². The number of benzene rings is 1. The first-order valence-electron chi connectivity index (χ1n) is 6.50. The van der Waals surface area contributed by atoms with Crippen LogP contribution in [0.15, 0.2) is 30.3 Å². The number of carbonyl (C=O) groups is 1. The average Bonchev–Trinajstić information content (AvgIpc) is 2.47. The molecular weight excluding hydrogens is 240 g/mol. The molecule has 100 valence electrons. The molecular formula is C15H18N2O2.